The van der Waals surface area contributed by atoms with Gasteiger partial charge in [0.15, 0.2) is 17.5 Å². The van der Waals surface area contributed by atoms with E-state index in [1.807, 2.05) is 6.92 Å². The minimum atomic E-state index is -0.338. The fraction of sp³-hybridized carbons (Fsp3) is 0.632. The number of guanidine groups is 1. The molecule has 1 saturated heterocycles. The number of hydrogen-bond acceptors (Lipinski definition) is 3. The summed E-state index contributed by atoms with van der Waals surface area (Å²) in [7, 11) is 1.75. The van der Waals surface area contributed by atoms with E-state index < -0.39 is 0 Å². The molecule has 0 radical (unpaired) electrons. The van der Waals surface area contributed by atoms with Crippen molar-refractivity contribution < 1.29 is 9.13 Å². The van der Waals surface area contributed by atoms with E-state index in [1.165, 1.54) is 45.0 Å². The Hall–Kier alpha value is -1.09. The average molecular weight is 478 g/mol. The molecule has 0 aliphatic carbocycles. The number of unbranched alkanes of at least 4 members (excludes halogenated alkanes) is 1. The summed E-state index contributed by atoms with van der Waals surface area (Å²) >= 11 is 0. The van der Waals surface area contributed by atoms with Gasteiger partial charge in [-0.2, -0.15) is 0 Å². The van der Waals surface area contributed by atoms with Crippen molar-refractivity contribution in [1.82, 2.24) is 15.5 Å². The Balaban J connectivity index is 0.00000338. The highest BCUT2D eigenvalue weighted by molar-refractivity contribution is 14.0. The zero-order chi connectivity index (χ0) is 17.9. The quantitative estimate of drug-likeness (QED) is 0.248. The first kappa shape index (κ1) is 23.0. The highest BCUT2D eigenvalue weighted by atomic mass is 127. The fourth-order valence-corrected chi connectivity index (χ4v) is 2.93. The molecule has 2 rings (SSSR count). The molecule has 7 heteroatoms. The summed E-state index contributed by atoms with van der Waals surface area (Å²) in [6.45, 7) is 7.08. The SMILES string of the molecule is CN=C(NCCCCN1CCCC1)NCC(C)Oc1ccccc1F.I. The number of aliphatic imine (C=N–C) groups is 1. The van der Waals surface area contributed by atoms with Crippen molar-refractivity contribution in [3.63, 3.8) is 0 Å². The highest BCUT2D eigenvalue weighted by Crippen LogP contribution is 2.16. The van der Waals surface area contributed by atoms with Crippen LogP contribution in [0.1, 0.15) is 32.6 Å². The molecule has 0 amide bonds. The minimum absolute atomic E-state index is 0. The monoisotopic (exact) mass is 478 g/mol. The van der Waals surface area contributed by atoms with Crippen LogP contribution in [0.3, 0.4) is 0 Å². The van der Waals surface area contributed by atoms with Crippen LogP contribution in [-0.2, 0) is 0 Å². The lowest BCUT2D eigenvalue weighted by Gasteiger charge is -2.18. The van der Waals surface area contributed by atoms with Crippen molar-refractivity contribution >= 4 is 29.9 Å². The maximum absolute atomic E-state index is 13.6. The maximum Gasteiger partial charge on any atom is 0.191 e. The molecule has 148 valence electrons. The average Bonchev–Trinajstić information content (AvgIpc) is 3.13. The topological polar surface area (TPSA) is 48.9 Å². The van der Waals surface area contributed by atoms with Gasteiger partial charge in [-0.15, -0.1) is 24.0 Å². The number of hydrogen-bond donors (Lipinski definition) is 2. The summed E-state index contributed by atoms with van der Waals surface area (Å²) in [5.74, 6) is 0.696. The molecule has 26 heavy (non-hydrogen) atoms. The van der Waals surface area contributed by atoms with Crippen LogP contribution < -0.4 is 15.4 Å². The molecule has 0 spiro atoms. The van der Waals surface area contributed by atoms with Gasteiger partial charge in [-0.1, -0.05) is 12.1 Å². The standard InChI is InChI=1S/C19H31FN4O.HI/c1-16(25-18-10-4-3-9-17(18)20)15-23-19(21-2)22-11-5-6-12-24-13-7-8-14-24;/h3-4,9-10,16H,5-8,11-15H2,1-2H3,(H2,21,22,23);1H. The first-order valence-electron chi connectivity index (χ1n) is 9.27. The summed E-state index contributed by atoms with van der Waals surface area (Å²) < 4.78 is 19.2. The smallest absolute Gasteiger partial charge is 0.191 e. The summed E-state index contributed by atoms with van der Waals surface area (Å²) in [5, 5.41) is 6.54. The molecule has 0 bridgehead atoms. The lowest BCUT2D eigenvalue weighted by Crippen LogP contribution is -2.42. The van der Waals surface area contributed by atoms with E-state index in [0.29, 0.717) is 6.54 Å². The van der Waals surface area contributed by atoms with Crippen LogP contribution in [0.15, 0.2) is 29.3 Å². The van der Waals surface area contributed by atoms with Crippen LogP contribution in [0, 0.1) is 5.82 Å². The Morgan fingerprint density at radius 2 is 1.96 bits per heavy atom. The van der Waals surface area contributed by atoms with Crippen LogP contribution >= 0.6 is 24.0 Å². The molecule has 1 aromatic rings. The van der Waals surface area contributed by atoms with Gasteiger partial charge in [-0.05, 0) is 64.4 Å². The van der Waals surface area contributed by atoms with Gasteiger partial charge in [0.1, 0.15) is 6.10 Å². The van der Waals surface area contributed by atoms with Crippen molar-refractivity contribution in [2.24, 2.45) is 4.99 Å². The number of nitrogens with zero attached hydrogens (tertiary/aromatic N) is 2. The Morgan fingerprint density at radius 1 is 1.23 bits per heavy atom. The number of benzene rings is 1. The first-order valence-corrected chi connectivity index (χ1v) is 9.27. The van der Waals surface area contributed by atoms with E-state index in [4.69, 9.17) is 4.74 Å². The van der Waals surface area contributed by atoms with Crippen LogP contribution in [0.4, 0.5) is 4.39 Å². The second-order valence-electron chi connectivity index (χ2n) is 6.49. The van der Waals surface area contributed by atoms with Gasteiger partial charge in [-0.25, -0.2) is 4.39 Å². The molecule has 0 aromatic heterocycles. The normalized spacial score (nSPS) is 16.0. The second-order valence-corrected chi connectivity index (χ2v) is 6.49. The Kier molecular flexibility index (Phi) is 11.6. The van der Waals surface area contributed by atoms with Crippen molar-refractivity contribution in [1.29, 1.82) is 0 Å². The summed E-state index contributed by atoms with van der Waals surface area (Å²) in [4.78, 5) is 6.75. The Morgan fingerprint density at radius 3 is 2.65 bits per heavy atom. The summed E-state index contributed by atoms with van der Waals surface area (Å²) in [6.07, 6.45) is 4.87. The van der Waals surface area contributed by atoms with Crippen LogP contribution in [0.5, 0.6) is 5.75 Å². The molecule has 1 heterocycles. The van der Waals surface area contributed by atoms with Crippen LogP contribution in [0.2, 0.25) is 0 Å². The molecular weight excluding hydrogens is 446 g/mol. The molecule has 1 aromatic carbocycles. The van der Waals surface area contributed by atoms with Gasteiger partial charge in [0.2, 0.25) is 0 Å². The molecule has 5 nitrogen and oxygen atoms in total. The van der Waals surface area contributed by atoms with Gasteiger partial charge >= 0.3 is 0 Å². The zero-order valence-corrected chi connectivity index (χ0v) is 18.2. The van der Waals surface area contributed by atoms with Crippen LogP contribution in [-0.4, -0.2) is 56.7 Å². The van der Waals surface area contributed by atoms with Gasteiger partial charge < -0.3 is 20.3 Å². The number of halogens is 2. The highest BCUT2D eigenvalue weighted by Gasteiger charge is 2.11. The van der Waals surface area contributed by atoms with E-state index in [1.54, 1.807) is 25.2 Å². The Bertz CT molecular complexity index is 538. The number of para-hydroxylation sites is 1. The molecule has 1 fully saturated rings. The molecule has 1 atom stereocenters. The predicted molar refractivity (Wildman–Crippen MR) is 116 cm³/mol. The number of likely N-dealkylation sites (tertiary alicyclic amines) is 1. The third-order valence-corrected chi connectivity index (χ3v) is 4.34. The molecule has 1 unspecified atom stereocenters. The van der Waals surface area contributed by atoms with Gasteiger partial charge in [0.25, 0.3) is 0 Å². The summed E-state index contributed by atoms with van der Waals surface area (Å²) in [5.41, 5.74) is 0. The second kappa shape index (κ2) is 13.1. The number of ether oxygens (including phenoxy) is 1. The summed E-state index contributed by atoms with van der Waals surface area (Å²) in [6, 6.07) is 6.46. The predicted octanol–water partition coefficient (Wildman–Crippen LogP) is 3.25. The van der Waals surface area contributed by atoms with Gasteiger partial charge in [0.05, 0.1) is 6.54 Å². The van der Waals surface area contributed by atoms with Crippen LogP contribution in [0.25, 0.3) is 0 Å². The van der Waals surface area contributed by atoms with E-state index >= 15 is 0 Å². The molecule has 1 aliphatic rings. The lowest BCUT2D eigenvalue weighted by atomic mass is 10.3. The molecule has 1 aliphatic heterocycles. The Labute approximate surface area is 173 Å². The fourth-order valence-electron chi connectivity index (χ4n) is 2.93. The van der Waals surface area contributed by atoms with E-state index in [-0.39, 0.29) is 41.6 Å². The van der Waals surface area contributed by atoms with E-state index in [2.05, 4.69) is 20.5 Å². The maximum atomic E-state index is 13.6. The lowest BCUT2D eigenvalue weighted by molar-refractivity contribution is 0.214. The van der Waals surface area contributed by atoms with Gasteiger partial charge in [0, 0.05) is 13.6 Å². The third-order valence-electron chi connectivity index (χ3n) is 4.34. The largest absolute Gasteiger partial charge is 0.486 e. The number of nitrogens with one attached hydrogen (secondary N) is 2. The van der Waals surface area contributed by atoms with E-state index in [0.717, 1.165) is 18.9 Å². The first-order chi connectivity index (χ1) is 12.2. The van der Waals surface area contributed by atoms with Crippen molar-refractivity contribution in [2.45, 2.75) is 38.7 Å². The van der Waals surface area contributed by atoms with Crippen molar-refractivity contribution in [3.8, 4) is 5.75 Å². The minimum Gasteiger partial charge on any atom is -0.486 e. The molecule has 2 N–H and O–H groups in total. The van der Waals surface area contributed by atoms with E-state index in [9.17, 15) is 4.39 Å². The zero-order valence-electron chi connectivity index (χ0n) is 15.8. The van der Waals surface area contributed by atoms with Crippen molar-refractivity contribution in [2.75, 3.05) is 39.8 Å². The van der Waals surface area contributed by atoms with Gasteiger partial charge in [-0.3, -0.25) is 4.99 Å². The number of rotatable bonds is 9. The van der Waals surface area contributed by atoms with Crippen molar-refractivity contribution in [3.05, 3.63) is 30.1 Å². The third kappa shape index (κ3) is 8.53. The molecular formula is C19H32FIN4O. The molecule has 0 saturated carbocycles.